The molecule has 0 heterocycles. The number of alkyl halides is 1. The van der Waals surface area contributed by atoms with Gasteiger partial charge in [-0.05, 0) is 19.3 Å². The first-order valence-corrected chi connectivity index (χ1v) is 5.71. The Labute approximate surface area is 99.9 Å². The Morgan fingerprint density at radius 3 is 1.94 bits per heavy atom. The molecule has 0 saturated carbocycles. The minimum absolute atomic E-state index is 0.334. The molecule has 6 heteroatoms. The van der Waals surface area contributed by atoms with Crippen LogP contribution in [0.3, 0.4) is 0 Å². The lowest BCUT2D eigenvalue weighted by molar-refractivity contribution is -0.263. The van der Waals surface area contributed by atoms with Crippen LogP contribution in [0.2, 0.25) is 0 Å². The number of ether oxygens (including phenoxy) is 1. The van der Waals surface area contributed by atoms with Gasteiger partial charge in [0.2, 0.25) is 0 Å². The fourth-order valence-electron chi connectivity index (χ4n) is 1.31. The molecule has 0 saturated heterocycles. The average molecular weight is 253 g/mol. The van der Waals surface area contributed by atoms with Gasteiger partial charge in [-0.15, -0.1) is 0 Å². The highest BCUT2D eigenvalue weighted by Crippen LogP contribution is 2.24. The summed E-state index contributed by atoms with van der Waals surface area (Å²) in [6.45, 7) is 5.67. The van der Waals surface area contributed by atoms with Gasteiger partial charge in [0.1, 0.15) is 5.60 Å². The van der Waals surface area contributed by atoms with E-state index in [0.717, 1.165) is 0 Å². The van der Waals surface area contributed by atoms with Crippen molar-refractivity contribution in [2.24, 2.45) is 0 Å². The van der Waals surface area contributed by atoms with Crippen LogP contribution in [-0.4, -0.2) is 23.6 Å². The lowest BCUT2D eigenvalue weighted by Gasteiger charge is -2.29. The molecular weight excluding hydrogens is 236 g/mol. The van der Waals surface area contributed by atoms with E-state index in [9.17, 15) is 9.59 Å². The smallest absolute Gasteiger partial charge is 0.449 e. The van der Waals surface area contributed by atoms with E-state index in [0.29, 0.717) is 19.3 Å². The second-order valence-electron chi connectivity index (χ2n) is 3.23. The van der Waals surface area contributed by atoms with Crippen molar-refractivity contribution >= 4 is 23.5 Å². The average Bonchev–Trinajstić information content (AvgIpc) is 2.32. The molecule has 0 rings (SSSR count). The summed E-state index contributed by atoms with van der Waals surface area (Å²) in [5.74, 6) is -2.25. The summed E-state index contributed by atoms with van der Waals surface area (Å²) < 4.78 is 5.11. The third-order valence-electron chi connectivity index (χ3n) is 2.59. The third kappa shape index (κ3) is 4.37. The second kappa shape index (κ2) is 7.46. The summed E-state index contributed by atoms with van der Waals surface area (Å²) in [6, 6.07) is -0.334. The zero-order chi connectivity index (χ0) is 12.6. The molecule has 0 N–H and O–H groups in total. The molecule has 0 aromatic heterocycles. The largest absolute Gasteiger partial charge is 0.451 e. The van der Waals surface area contributed by atoms with Gasteiger partial charge >= 0.3 is 11.9 Å². The molecule has 0 unspecified atom stereocenters. The first kappa shape index (κ1) is 15.2. The second-order valence-corrected chi connectivity index (χ2v) is 3.45. The predicted molar refractivity (Wildman–Crippen MR) is 57.6 cm³/mol. The topological polar surface area (TPSA) is 61.8 Å². The molecule has 0 aliphatic heterocycles. The first-order valence-electron chi connectivity index (χ1n) is 5.18. The molecule has 5 nitrogen and oxygen atoms in total. The monoisotopic (exact) mass is 252 g/mol. The van der Waals surface area contributed by atoms with Crippen LogP contribution in [0.25, 0.3) is 0 Å². The van der Waals surface area contributed by atoms with Crippen LogP contribution in [0.4, 0.5) is 0 Å². The van der Waals surface area contributed by atoms with Crippen molar-refractivity contribution in [2.75, 3.05) is 6.07 Å². The third-order valence-corrected chi connectivity index (χ3v) is 2.68. The quantitative estimate of drug-likeness (QED) is 0.238. The molecule has 0 fully saturated rings. The van der Waals surface area contributed by atoms with Crippen LogP contribution in [0, 0.1) is 0 Å². The summed E-state index contributed by atoms with van der Waals surface area (Å²) >= 11 is 5.11. The van der Waals surface area contributed by atoms with E-state index in [1.165, 1.54) is 0 Å². The van der Waals surface area contributed by atoms with E-state index in [1.54, 1.807) is 0 Å². The molecule has 0 aromatic rings. The van der Waals surface area contributed by atoms with Crippen LogP contribution in [0.1, 0.15) is 40.0 Å². The van der Waals surface area contributed by atoms with E-state index in [2.05, 4.69) is 9.78 Å². The summed E-state index contributed by atoms with van der Waals surface area (Å²) in [6.07, 6.45) is 1.90. The van der Waals surface area contributed by atoms with E-state index < -0.39 is 17.5 Å². The van der Waals surface area contributed by atoms with Gasteiger partial charge in [-0.2, -0.15) is 4.89 Å². The number of carbonyl (C=O) groups is 2. The summed E-state index contributed by atoms with van der Waals surface area (Å²) in [5.41, 5.74) is -0.614. The number of rotatable bonds is 6. The molecule has 0 amide bonds. The fourth-order valence-corrected chi connectivity index (χ4v) is 1.36. The van der Waals surface area contributed by atoms with Crippen molar-refractivity contribution in [2.45, 2.75) is 45.6 Å². The molecule has 16 heavy (non-hydrogen) atoms. The van der Waals surface area contributed by atoms with Gasteiger partial charge in [0.25, 0.3) is 0 Å². The van der Waals surface area contributed by atoms with E-state index in [4.69, 9.17) is 16.3 Å². The highest BCUT2D eigenvalue weighted by Gasteiger charge is 2.32. The standard InChI is InChI=1S/C10H17ClO5/c1-4-10(5-2,6-3)15-8(12)9(13)16-14-7-11/h4-7H2,1-3H3. The van der Waals surface area contributed by atoms with Gasteiger partial charge in [-0.1, -0.05) is 32.4 Å². The number of carbonyl (C=O) groups excluding carboxylic acids is 2. The Morgan fingerprint density at radius 1 is 1.06 bits per heavy atom. The maximum absolute atomic E-state index is 11.3. The Hall–Kier alpha value is -0.810. The van der Waals surface area contributed by atoms with Crippen molar-refractivity contribution in [3.05, 3.63) is 0 Å². The van der Waals surface area contributed by atoms with Crippen molar-refractivity contribution in [3.8, 4) is 0 Å². The zero-order valence-electron chi connectivity index (χ0n) is 9.75. The molecule has 0 spiro atoms. The lowest BCUT2D eigenvalue weighted by Crippen LogP contribution is -2.36. The summed E-state index contributed by atoms with van der Waals surface area (Å²) in [7, 11) is 0. The van der Waals surface area contributed by atoms with Crippen molar-refractivity contribution in [1.82, 2.24) is 0 Å². The molecule has 0 atom stereocenters. The highest BCUT2D eigenvalue weighted by atomic mass is 35.5. The Bertz CT molecular complexity index is 229. The lowest BCUT2D eigenvalue weighted by atomic mass is 9.94. The predicted octanol–water partition coefficient (Wildman–Crippen LogP) is 2.17. The molecular formula is C10H17ClO5. The maximum Gasteiger partial charge on any atom is 0.449 e. The molecule has 0 bridgehead atoms. The van der Waals surface area contributed by atoms with E-state index in [-0.39, 0.29) is 6.07 Å². The van der Waals surface area contributed by atoms with Crippen LogP contribution in [0.15, 0.2) is 0 Å². The zero-order valence-corrected chi connectivity index (χ0v) is 10.5. The van der Waals surface area contributed by atoms with Gasteiger partial charge in [0.05, 0.1) is 0 Å². The van der Waals surface area contributed by atoms with Gasteiger partial charge < -0.3 is 4.74 Å². The molecule has 0 aliphatic carbocycles. The Balaban J connectivity index is 4.34. The van der Waals surface area contributed by atoms with Gasteiger partial charge in [-0.3, -0.25) is 4.89 Å². The normalized spacial score (nSPS) is 11.0. The van der Waals surface area contributed by atoms with Crippen LogP contribution in [-0.2, 0) is 24.1 Å². The number of hydrogen-bond acceptors (Lipinski definition) is 5. The molecule has 0 aromatic carbocycles. The van der Waals surface area contributed by atoms with Gasteiger partial charge in [0.15, 0.2) is 6.07 Å². The summed E-state index contributed by atoms with van der Waals surface area (Å²) in [4.78, 5) is 30.6. The number of esters is 1. The Kier molecular flexibility index (Phi) is 7.08. The fraction of sp³-hybridized carbons (Fsp3) is 0.800. The number of hydrogen-bond donors (Lipinski definition) is 0. The van der Waals surface area contributed by atoms with Gasteiger partial charge in [-0.25, -0.2) is 9.59 Å². The summed E-state index contributed by atoms with van der Waals surface area (Å²) in [5, 5.41) is 0. The maximum atomic E-state index is 11.3. The minimum atomic E-state index is -1.19. The SMILES string of the molecule is CCC(CC)(CC)OC(=O)C(=O)OOCCl. The molecule has 0 aliphatic rings. The van der Waals surface area contributed by atoms with Crippen molar-refractivity contribution in [1.29, 1.82) is 0 Å². The van der Waals surface area contributed by atoms with Crippen LogP contribution < -0.4 is 0 Å². The highest BCUT2D eigenvalue weighted by molar-refractivity contribution is 6.29. The van der Waals surface area contributed by atoms with E-state index >= 15 is 0 Å². The number of halogens is 1. The van der Waals surface area contributed by atoms with Crippen molar-refractivity contribution < 1.29 is 24.1 Å². The first-order chi connectivity index (χ1) is 7.55. The minimum Gasteiger partial charge on any atom is -0.451 e. The Morgan fingerprint density at radius 2 is 1.56 bits per heavy atom. The molecule has 94 valence electrons. The van der Waals surface area contributed by atoms with Crippen LogP contribution in [0.5, 0.6) is 0 Å². The van der Waals surface area contributed by atoms with Gasteiger partial charge in [0, 0.05) is 0 Å². The van der Waals surface area contributed by atoms with E-state index in [1.807, 2.05) is 20.8 Å². The molecule has 0 radical (unpaired) electrons. The van der Waals surface area contributed by atoms with Crippen molar-refractivity contribution in [3.63, 3.8) is 0 Å². The van der Waals surface area contributed by atoms with Crippen LogP contribution >= 0.6 is 11.6 Å².